The second-order valence-corrected chi connectivity index (χ2v) is 5.17. The van der Waals surface area contributed by atoms with Gasteiger partial charge >= 0.3 is 0 Å². The quantitative estimate of drug-likeness (QED) is 0.875. The van der Waals surface area contributed by atoms with Crippen LogP contribution in [0.3, 0.4) is 0 Å². The Bertz CT molecular complexity index is 572. The molecule has 0 aliphatic carbocycles. The SMILES string of the molecule is CC(CN)c1ccccc1Oc1ccc(Cl)c(Cl)c1. The Balaban J connectivity index is 2.30. The highest BCUT2D eigenvalue weighted by molar-refractivity contribution is 6.42. The van der Waals surface area contributed by atoms with Crippen molar-refractivity contribution in [3.8, 4) is 11.5 Å². The molecule has 2 N–H and O–H groups in total. The fourth-order valence-corrected chi connectivity index (χ4v) is 2.06. The summed E-state index contributed by atoms with van der Waals surface area (Å²) in [6.07, 6.45) is 0. The number of benzene rings is 2. The van der Waals surface area contributed by atoms with Gasteiger partial charge in [-0.2, -0.15) is 0 Å². The average Bonchev–Trinajstić information content (AvgIpc) is 2.43. The van der Waals surface area contributed by atoms with E-state index in [1.165, 1.54) is 0 Å². The topological polar surface area (TPSA) is 35.2 Å². The van der Waals surface area contributed by atoms with Gasteiger partial charge in [0.1, 0.15) is 11.5 Å². The van der Waals surface area contributed by atoms with E-state index in [0.29, 0.717) is 22.3 Å². The van der Waals surface area contributed by atoms with E-state index >= 15 is 0 Å². The molecule has 0 radical (unpaired) electrons. The van der Waals surface area contributed by atoms with E-state index in [-0.39, 0.29) is 5.92 Å². The van der Waals surface area contributed by atoms with Crippen LogP contribution in [0.25, 0.3) is 0 Å². The molecule has 1 atom stereocenters. The Morgan fingerprint density at radius 2 is 1.84 bits per heavy atom. The molecule has 2 aromatic rings. The summed E-state index contributed by atoms with van der Waals surface area (Å²) in [7, 11) is 0. The molecule has 0 saturated heterocycles. The molecule has 2 nitrogen and oxygen atoms in total. The van der Waals surface area contributed by atoms with Gasteiger partial charge in [0.05, 0.1) is 10.0 Å². The number of hydrogen-bond donors (Lipinski definition) is 1. The number of hydrogen-bond acceptors (Lipinski definition) is 2. The molecule has 2 rings (SSSR count). The second kappa shape index (κ2) is 6.29. The third-order valence-electron chi connectivity index (χ3n) is 2.92. The first-order valence-corrected chi connectivity index (χ1v) is 6.79. The second-order valence-electron chi connectivity index (χ2n) is 4.35. The van der Waals surface area contributed by atoms with Crippen molar-refractivity contribution in [2.75, 3.05) is 6.54 Å². The first kappa shape index (κ1) is 14.2. The molecule has 0 saturated carbocycles. The molecule has 4 heteroatoms. The highest BCUT2D eigenvalue weighted by atomic mass is 35.5. The van der Waals surface area contributed by atoms with Crippen molar-refractivity contribution in [1.29, 1.82) is 0 Å². The van der Waals surface area contributed by atoms with Crippen LogP contribution >= 0.6 is 23.2 Å². The van der Waals surface area contributed by atoms with Crippen LogP contribution in [0.4, 0.5) is 0 Å². The summed E-state index contributed by atoms with van der Waals surface area (Å²) >= 11 is 11.9. The number of para-hydroxylation sites is 1. The number of nitrogens with two attached hydrogens (primary N) is 1. The summed E-state index contributed by atoms with van der Waals surface area (Å²) < 4.78 is 5.87. The van der Waals surface area contributed by atoms with Crippen molar-refractivity contribution >= 4 is 23.2 Å². The molecule has 0 spiro atoms. The van der Waals surface area contributed by atoms with Gasteiger partial charge in [-0.15, -0.1) is 0 Å². The van der Waals surface area contributed by atoms with E-state index in [0.717, 1.165) is 11.3 Å². The lowest BCUT2D eigenvalue weighted by atomic mass is 10.0. The van der Waals surface area contributed by atoms with Gasteiger partial charge < -0.3 is 10.5 Å². The third-order valence-corrected chi connectivity index (χ3v) is 3.66. The lowest BCUT2D eigenvalue weighted by molar-refractivity contribution is 0.472. The van der Waals surface area contributed by atoms with Gasteiger partial charge in [-0.25, -0.2) is 0 Å². The van der Waals surface area contributed by atoms with E-state index in [4.69, 9.17) is 33.7 Å². The maximum absolute atomic E-state index is 5.98. The third kappa shape index (κ3) is 3.41. The molecule has 1 unspecified atom stereocenters. The molecule has 100 valence electrons. The lowest BCUT2D eigenvalue weighted by Gasteiger charge is -2.15. The Morgan fingerprint density at radius 1 is 1.11 bits per heavy atom. The number of rotatable bonds is 4. The molecule has 0 amide bonds. The van der Waals surface area contributed by atoms with Gasteiger partial charge in [-0.1, -0.05) is 48.3 Å². The molecule has 2 aromatic carbocycles. The number of halogens is 2. The molecule has 0 fully saturated rings. The highest BCUT2D eigenvalue weighted by Crippen LogP contribution is 2.33. The Hall–Kier alpha value is -1.22. The van der Waals surface area contributed by atoms with Crippen molar-refractivity contribution in [1.82, 2.24) is 0 Å². The zero-order valence-corrected chi connectivity index (χ0v) is 12.1. The minimum atomic E-state index is 0.235. The summed E-state index contributed by atoms with van der Waals surface area (Å²) in [4.78, 5) is 0. The van der Waals surface area contributed by atoms with Crippen LogP contribution in [0.5, 0.6) is 11.5 Å². The van der Waals surface area contributed by atoms with Gasteiger partial charge in [-0.05, 0) is 36.2 Å². The Kier molecular flexibility index (Phi) is 4.70. The largest absolute Gasteiger partial charge is 0.457 e. The smallest absolute Gasteiger partial charge is 0.130 e. The molecule has 0 heterocycles. The highest BCUT2D eigenvalue weighted by Gasteiger charge is 2.11. The zero-order valence-electron chi connectivity index (χ0n) is 10.6. The van der Waals surface area contributed by atoms with Gasteiger partial charge in [0.15, 0.2) is 0 Å². The van der Waals surface area contributed by atoms with Crippen LogP contribution in [0.2, 0.25) is 10.0 Å². The zero-order chi connectivity index (χ0) is 13.8. The molecule has 0 bridgehead atoms. The van der Waals surface area contributed by atoms with Crippen LogP contribution in [0, 0.1) is 0 Å². The van der Waals surface area contributed by atoms with E-state index in [1.54, 1.807) is 18.2 Å². The molecular formula is C15H15Cl2NO. The average molecular weight is 296 g/mol. The molecule has 0 aliphatic rings. The Morgan fingerprint density at radius 3 is 2.53 bits per heavy atom. The van der Waals surface area contributed by atoms with Gasteiger partial charge in [0, 0.05) is 6.07 Å². The summed E-state index contributed by atoms with van der Waals surface area (Å²) in [5.74, 6) is 1.68. The minimum Gasteiger partial charge on any atom is -0.457 e. The van der Waals surface area contributed by atoms with Crippen molar-refractivity contribution in [2.24, 2.45) is 5.73 Å². The normalized spacial score (nSPS) is 12.2. The van der Waals surface area contributed by atoms with Crippen LogP contribution < -0.4 is 10.5 Å². The Labute approximate surface area is 123 Å². The van der Waals surface area contributed by atoms with Crippen molar-refractivity contribution < 1.29 is 4.74 Å². The predicted octanol–water partition coefficient (Wildman–Crippen LogP) is 4.85. The summed E-state index contributed by atoms with van der Waals surface area (Å²) in [5.41, 5.74) is 6.80. The van der Waals surface area contributed by atoms with Crippen LogP contribution in [-0.4, -0.2) is 6.54 Å². The van der Waals surface area contributed by atoms with Crippen molar-refractivity contribution in [3.05, 3.63) is 58.1 Å². The maximum atomic E-state index is 5.98. The predicted molar refractivity (Wildman–Crippen MR) is 80.4 cm³/mol. The van der Waals surface area contributed by atoms with Gasteiger partial charge in [0.2, 0.25) is 0 Å². The van der Waals surface area contributed by atoms with Crippen LogP contribution in [-0.2, 0) is 0 Å². The van der Waals surface area contributed by atoms with Gasteiger partial charge in [-0.3, -0.25) is 0 Å². The van der Waals surface area contributed by atoms with Gasteiger partial charge in [0.25, 0.3) is 0 Å². The summed E-state index contributed by atoms with van der Waals surface area (Å²) in [6.45, 7) is 2.64. The summed E-state index contributed by atoms with van der Waals surface area (Å²) in [6, 6.07) is 13.1. The van der Waals surface area contributed by atoms with E-state index < -0.39 is 0 Å². The van der Waals surface area contributed by atoms with Crippen LogP contribution in [0.15, 0.2) is 42.5 Å². The maximum Gasteiger partial charge on any atom is 0.130 e. The standard InChI is InChI=1S/C15H15Cl2NO/c1-10(9-18)12-4-2-3-5-15(12)19-11-6-7-13(16)14(17)8-11/h2-8,10H,9,18H2,1H3. The van der Waals surface area contributed by atoms with E-state index in [2.05, 4.69) is 6.92 Å². The first-order valence-electron chi connectivity index (χ1n) is 6.03. The summed E-state index contributed by atoms with van der Waals surface area (Å²) in [5, 5.41) is 0.987. The number of ether oxygens (including phenoxy) is 1. The molecule has 19 heavy (non-hydrogen) atoms. The van der Waals surface area contributed by atoms with E-state index in [9.17, 15) is 0 Å². The van der Waals surface area contributed by atoms with Crippen molar-refractivity contribution in [2.45, 2.75) is 12.8 Å². The fraction of sp³-hybridized carbons (Fsp3) is 0.200. The first-order chi connectivity index (χ1) is 9.11. The minimum absolute atomic E-state index is 0.235. The van der Waals surface area contributed by atoms with Crippen LogP contribution in [0.1, 0.15) is 18.4 Å². The monoisotopic (exact) mass is 295 g/mol. The lowest BCUT2D eigenvalue weighted by Crippen LogP contribution is -2.09. The van der Waals surface area contributed by atoms with Crippen molar-refractivity contribution in [3.63, 3.8) is 0 Å². The fourth-order valence-electron chi connectivity index (χ4n) is 1.77. The van der Waals surface area contributed by atoms with E-state index in [1.807, 2.05) is 24.3 Å². The molecule has 0 aliphatic heterocycles. The molecule has 0 aromatic heterocycles. The molecular weight excluding hydrogens is 281 g/mol.